The van der Waals surface area contributed by atoms with Crippen LogP contribution in [-0.2, 0) is 4.74 Å². The molecule has 174 valence electrons. The molecule has 0 radical (unpaired) electrons. The second kappa shape index (κ2) is 7.08. The van der Waals surface area contributed by atoms with Gasteiger partial charge >= 0.3 is 0 Å². The molecule has 1 spiro atoms. The molecule has 1 N–H and O–H groups in total. The van der Waals surface area contributed by atoms with E-state index in [4.69, 9.17) is 4.74 Å². The van der Waals surface area contributed by atoms with Crippen LogP contribution in [0.15, 0.2) is 24.4 Å². The van der Waals surface area contributed by atoms with Crippen molar-refractivity contribution in [3.63, 3.8) is 0 Å². The van der Waals surface area contributed by atoms with E-state index >= 15 is 0 Å². The maximum atomic E-state index is 10.1. The average Bonchev–Trinajstić information content (AvgIpc) is 3.29. The molecule has 1 aromatic rings. The van der Waals surface area contributed by atoms with Crippen LogP contribution in [0, 0.1) is 51.8 Å². The molecule has 1 aromatic heterocycles. The summed E-state index contributed by atoms with van der Waals surface area (Å²) in [6.45, 7) is 7.68. The van der Waals surface area contributed by atoms with E-state index < -0.39 is 0 Å². The SMILES string of the molecule is COC1C[C@H]2[C@@H]3CC[C@H]([C@H](C)/C=C/c4ncccc4O)[C@@]3(C)CC[C@@H]2[C@@]2(C)CCC3CC312. The molecule has 0 aliphatic heterocycles. The first kappa shape index (κ1) is 21.2. The number of hydrogen-bond acceptors (Lipinski definition) is 3. The van der Waals surface area contributed by atoms with Crippen molar-refractivity contribution in [3.05, 3.63) is 30.1 Å². The summed E-state index contributed by atoms with van der Waals surface area (Å²) < 4.78 is 6.28. The average molecular weight is 436 g/mol. The maximum absolute atomic E-state index is 10.1. The predicted octanol–water partition coefficient (Wildman–Crippen LogP) is 6.72. The summed E-state index contributed by atoms with van der Waals surface area (Å²) >= 11 is 0. The number of aromatic nitrogens is 1. The number of rotatable bonds is 4. The lowest BCUT2D eigenvalue weighted by atomic mass is 9.45. The normalized spacial score (nSPS) is 49.9. The van der Waals surface area contributed by atoms with Crippen LogP contribution in [-0.4, -0.2) is 23.3 Å². The number of ether oxygens (including phenoxy) is 1. The highest BCUT2D eigenvalue weighted by atomic mass is 16.5. The number of methoxy groups -OCH3 is 1. The topological polar surface area (TPSA) is 42.4 Å². The number of hydrogen-bond donors (Lipinski definition) is 1. The van der Waals surface area contributed by atoms with Crippen molar-refractivity contribution < 1.29 is 9.84 Å². The monoisotopic (exact) mass is 435 g/mol. The quantitative estimate of drug-likeness (QED) is 0.571. The molecule has 0 aromatic carbocycles. The van der Waals surface area contributed by atoms with E-state index in [9.17, 15) is 5.11 Å². The fraction of sp³-hybridized carbons (Fsp3) is 0.759. The fourth-order valence-electron chi connectivity index (χ4n) is 10.4. The fourth-order valence-corrected chi connectivity index (χ4v) is 10.4. The molecule has 3 unspecified atom stereocenters. The van der Waals surface area contributed by atoms with Crippen molar-refractivity contribution in [3.8, 4) is 5.75 Å². The lowest BCUT2D eigenvalue weighted by Crippen LogP contribution is -2.57. The zero-order chi connectivity index (χ0) is 22.3. The van der Waals surface area contributed by atoms with Gasteiger partial charge in [0.05, 0.1) is 6.10 Å². The van der Waals surface area contributed by atoms with Crippen LogP contribution in [0.25, 0.3) is 6.08 Å². The molecular formula is C29H41NO2. The number of pyridine rings is 1. The Balaban J connectivity index is 1.25. The highest BCUT2D eigenvalue weighted by Crippen LogP contribution is 2.82. The molecule has 0 bridgehead atoms. The second-order valence-corrected chi connectivity index (χ2v) is 12.6. The first-order chi connectivity index (χ1) is 15.3. The Kier molecular flexibility index (Phi) is 4.69. The molecule has 5 fully saturated rings. The van der Waals surface area contributed by atoms with Crippen molar-refractivity contribution in [2.45, 2.75) is 78.2 Å². The third-order valence-corrected chi connectivity index (χ3v) is 11.9. The summed E-state index contributed by atoms with van der Waals surface area (Å²) in [6.07, 6.45) is 17.8. The summed E-state index contributed by atoms with van der Waals surface area (Å²) in [5.41, 5.74) is 2.16. The number of fused-ring (bicyclic) bond motifs is 4. The van der Waals surface area contributed by atoms with Gasteiger partial charge in [-0.15, -0.1) is 0 Å². The minimum atomic E-state index is 0.275. The summed E-state index contributed by atoms with van der Waals surface area (Å²) in [7, 11) is 1.99. The number of allylic oxidation sites excluding steroid dienone is 1. The first-order valence-corrected chi connectivity index (χ1v) is 13.2. The van der Waals surface area contributed by atoms with E-state index in [1.54, 1.807) is 18.3 Å². The largest absolute Gasteiger partial charge is 0.506 e. The molecular weight excluding hydrogens is 394 g/mol. The maximum Gasteiger partial charge on any atom is 0.141 e. The van der Waals surface area contributed by atoms with E-state index in [0.29, 0.717) is 34.0 Å². The van der Waals surface area contributed by atoms with Crippen LogP contribution in [0.4, 0.5) is 0 Å². The Morgan fingerprint density at radius 1 is 1.16 bits per heavy atom. The van der Waals surface area contributed by atoms with Crippen molar-refractivity contribution >= 4 is 6.08 Å². The molecule has 3 nitrogen and oxygen atoms in total. The van der Waals surface area contributed by atoms with Gasteiger partial charge in [0.25, 0.3) is 0 Å². The van der Waals surface area contributed by atoms with Gasteiger partial charge in [-0.25, -0.2) is 0 Å². The Labute approximate surface area is 194 Å². The summed E-state index contributed by atoms with van der Waals surface area (Å²) in [5, 5.41) is 10.1. The molecule has 5 aliphatic rings. The van der Waals surface area contributed by atoms with Gasteiger partial charge in [-0.05, 0) is 116 Å². The molecule has 1 heterocycles. The third-order valence-electron chi connectivity index (χ3n) is 11.9. The van der Waals surface area contributed by atoms with E-state index in [1.807, 2.05) is 13.2 Å². The van der Waals surface area contributed by atoms with Gasteiger partial charge in [-0.2, -0.15) is 0 Å². The Morgan fingerprint density at radius 2 is 2.00 bits per heavy atom. The van der Waals surface area contributed by atoms with Gasteiger partial charge in [0.15, 0.2) is 0 Å². The molecule has 5 aliphatic carbocycles. The molecule has 0 amide bonds. The van der Waals surface area contributed by atoms with Gasteiger partial charge in [-0.1, -0.05) is 26.8 Å². The van der Waals surface area contributed by atoms with Crippen molar-refractivity contribution in [2.75, 3.05) is 7.11 Å². The Hall–Kier alpha value is -1.35. The minimum absolute atomic E-state index is 0.275. The Morgan fingerprint density at radius 3 is 2.75 bits per heavy atom. The first-order valence-electron chi connectivity index (χ1n) is 13.2. The van der Waals surface area contributed by atoms with Crippen LogP contribution in [0.2, 0.25) is 0 Å². The van der Waals surface area contributed by atoms with Crippen LogP contribution >= 0.6 is 0 Å². The molecule has 6 rings (SSSR count). The third kappa shape index (κ3) is 2.61. The Bertz CT molecular complexity index is 927. The van der Waals surface area contributed by atoms with Crippen molar-refractivity contribution in [1.82, 2.24) is 4.98 Å². The predicted molar refractivity (Wildman–Crippen MR) is 128 cm³/mol. The zero-order valence-corrected chi connectivity index (χ0v) is 20.4. The van der Waals surface area contributed by atoms with E-state index in [2.05, 4.69) is 31.8 Å². The smallest absolute Gasteiger partial charge is 0.141 e. The van der Waals surface area contributed by atoms with Crippen molar-refractivity contribution in [1.29, 1.82) is 0 Å². The van der Waals surface area contributed by atoms with Crippen LogP contribution in [0.1, 0.15) is 77.8 Å². The standard InChI is InChI=1S/C29H41NO2/c1-18(7-10-24-25(31)6-5-15-30-24)21-8-9-22-20-16-26(32-4)29-17-19(29)11-14-28(29,3)23(20)12-13-27(21,22)2/h5-7,10,15,18-23,26,31H,8-9,11-14,16-17H2,1-4H3/b10-7+/t18-,19?,20+,21-,22+,23+,26?,27-,28-,29?/m1/s1. The lowest BCUT2D eigenvalue weighted by Gasteiger charge is -2.61. The molecule has 10 atom stereocenters. The molecule has 5 saturated carbocycles. The highest BCUT2D eigenvalue weighted by molar-refractivity contribution is 5.52. The van der Waals surface area contributed by atoms with Crippen molar-refractivity contribution in [2.24, 2.45) is 51.8 Å². The van der Waals surface area contributed by atoms with Gasteiger partial charge in [0.1, 0.15) is 11.4 Å². The van der Waals surface area contributed by atoms with E-state index in [1.165, 1.54) is 51.4 Å². The van der Waals surface area contributed by atoms with E-state index in [-0.39, 0.29) is 5.75 Å². The molecule has 3 heteroatoms. The molecule has 32 heavy (non-hydrogen) atoms. The minimum Gasteiger partial charge on any atom is -0.506 e. The molecule has 0 saturated heterocycles. The second-order valence-electron chi connectivity index (χ2n) is 12.6. The van der Waals surface area contributed by atoms with E-state index in [0.717, 1.165) is 29.6 Å². The van der Waals surface area contributed by atoms with Crippen LogP contribution < -0.4 is 0 Å². The summed E-state index contributed by atoms with van der Waals surface area (Å²) in [6, 6.07) is 3.51. The zero-order valence-electron chi connectivity index (χ0n) is 20.4. The van der Waals surface area contributed by atoms with Crippen LogP contribution in [0.5, 0.6) is 5.75 Å². The lowest BCUT2D eigenvalue weighted by molar-refractivity contribution is -0.160. The van der Waals surface area contributed by atoms with Gasteiger partial charge < -0.3 is 9.84 Å². The summed E-state index contributed by atoms with van der Waals surface area (Å²) in [5.74, 6) is 5.05. The van der Waals surface area contributed by atoms with Crippen LogP contribution in [0.3, 0.4) is 0 Å². The van der Waals surface area contributed by atoms with Gasteiger partial charge in [-0.3, -0.25) is 4.98 Å². The number of nitrogens with zero attached hydrogens (tertiary/aromatic N) is 1. The summed E-state index contributed by atoms with van der Waals surface area (Å²) in [4.78, 5) is 4.35. The van der Waals surface area contributed by atoms with Gasteiger partial charge in [0.2, 0.25) is 0 Å². The number of aromatic hydroxyl groups is 1. The van der Waals surface area contributed by atoms with Gasteiger partial charge in [0, 0.05) is 18.7 Å². The highest BCUT2D eigenvalue weighted by Gasteiger charge is 2.77.